The molecule has 5 heteroatoms. The third-order valence-corrected chi connectivity index (χ3v) is 4.35. The van der Waals surface area contributed by atoms with E-state index in [1.165, 1.54) is 0 Å². The monoisotopic (exact) mass is 332 g/mol. The van der Waals surface area contributed by atoms with Crippen LogP contribution in [-0.2, 0) is 6.42 Å². The van der Waals surface area contributed by atoms with Crippen LogP contribution in [0.15, 0.2) is 60.8 Å². The number of carbonyl (C=O) groups excluding carboxylic acids is 1. The summed E-state index contributed by atoms with van der Waals surface area (Å²) in [4.78, 5) is 17.0. The predicted molar refractivity (Wildman–Crippen MR) is 95.8 cm³/mol. The van der Waals surface area contributed by atoms with Gasteiger partial charge >= 0.3 is 0 Å². The lowest BCUT2D eigenvalue weighted by molar-refractivity contribution is 0.0946. The number of nitrogens with zero attached hydrogens (tertiary/aromatic N) is 3. The molecule has 25 heavy (non-hydrogen) atoms. The minimum Gasteiger partial charge on any atom is -0.350 e. The first-order chi connectivity index (χ1) is 12.3. The summed E-state index contributed by atoms with van der Waals surface area (Å²) >= 11 is 0. The first kappa shape index (κ1) is 15.6. The van der Waals surface area contributed by atoms with Crippen molar-refractivity contribution in [1.29, 1.82) is 0 Å². The number of hydrogen-bond donors (Lipinski definition) is 1. The zero-order valence-electron chi connectivity index (χ0n) is 13.9. The first-order valence-corrected chi connectivity index (χ1v) is 8.65. The molecular formula is C20H20N4O. The Labute approximate surface area is 146 Å². The van der Waals surface area contributed by atoms with E-state index in [1.807, 2.05) is 54.6 Å². The van der Waals surface area contributed by atoms with E-state index in [4.69, 9.17) is 0 Å². The molecule has 0 bridgehead atoms. The second-order valence-electron chi connectivity index (χ2n) is 6.30. The molecule has 2 aromatic heterocycles. The summed E-state index contributed by atoms with van der Waals surface area (Å²) in [7, 11) is 0. The van der Waals surface area contributed by atoms with E-state index in [9.17, 15) is 4.79 Å². The maximum Gasteiger partial charge on any atom is 0.270 e. The Morgan fingerprint density at radius 2 is 1.92 bits per heavy atom. The Morgan fingerprint density at radius 3 is 2.64 bits per heavy atom. The van der Waals surface area contributed by atoms with Gasteiger partial charge in [-0.25, -0.2) is 4.68 Å². The standard InChI is InChI=1S/C20H20N4O/c25-20(22-13-11-16-6-4-5-12-21-16)19-14-18(15-9-10-15)23-24(19)17-7-2-1-3-8-17/h1-8,12,14-15H,9-11,13H2,(H,22,25). The molecule has 1 saturated carbocycles. The van der Waals surface area contributed by atoms with Crippen LogP contribution in [0.2, 0.25) is 0 Å². The van der Waals surface area contributed by atoms with Crippen LogP contribution in [0.3, 0.4) is 0 Å². The van der Waals surface area contributed by atoms with Crippen molar-refractivity contribution in [1.82, 2.24) is 20.1 Å². The molecule has 1 aromatic carbocycles. The fraction of sp³-hybridized carbons (Fsp3) is 0.250. The third kappa shape index (κ3) is 3.60. The van der Waals surface area contributed by atoms with Gasteiger partial charge in [-0.1, -0.05) is 24.3 Å². The van der Waals surface area contributed by atoms with Crippen molar-refractivity contribution in [3.63, 3.8) is 0 Å². The minimum atomic E-state index is -0.0980. The van der Waals surface area contributed by atoms with Gasteiger partial charge in [-0.05, 0) is 43.2 Å². The van der Waals surface area contributed by atoms with E-state index in [1.54, 1.807) is 10.9 Å². The van der Waals surface area contributed by atoms with Crippen LogP contribution in [-0.4, -0.2) is 27.2 Å². The SMILES string of the molecule is O=C(NCCc1ccccn1)c1cc(C2CC2)nn1-c1ccccc1. The highest BCUT2D eigenvalue weighted by Gasteiger charge is 2.28. The van der Waals surface area contributed by atoms with Crippen LogP contribution in [0.4, 0.5) is 0 Å². The fourth-order valence-corrected chi connectivity index (χ4v) is 2.85. The van der Waals surface area contributed by atoms with Crippen LogP contribution in [0, 0.1) is 0 Å². The summed E-state index contributed by atoms with van der Waals surface area (Å²) in [6.45, 7) is 0.550. The number of aromatic nitrogens is 3. The van der Waals surface area contributed by atoms with Crippen LogP contribution >= 0.6 is 0 Å². The number of rotatable bonds is 6. The Kier molecular flexibility index (Phi) is 4.29. The lowest BCUT2D eigenvalue weighted by Crippen LogP contribution is -2.28. The van der Waals surface area contributed by atoms with Gasteiger partial charge in [0.1, 0.15) is 5.69 Å². The van der Waals surface area contributed by atoms with Gasteiger partial charge in [-0.15, -0.1) is 0 Å². The first-order valence-electron chi connectivity index (χ1n) is 8.65. The topological polar surface area (TPSA) is 59.8 Å². The van der Waals surface area contributed by atoms with Gasteiger partial charge in [0, 0.05) is 30.8 Å². The van der Waals surface area contributed by atoms with E-state index < -0.39 is 0 Å². The number of amides is 1. The van der Waals surface area contributed by atoms with Gasteiger partial charge in [0.05, 0.1) is 11.4 Å². The maximum atomic E-state index is 12.7. The van der Waals surface area contributed by atoms with Crippen molar-refractivity contribution < 1.29 is 4.79 Å². The number of carbonyl (C=O) groups is 1. The highest BCUT2D eigenvalue weighted by atomic mass is 16.2. The smallest absolute Gasteiger partial charge is 0.270 e. The molecule has 1 fully saturated rings. The molecule has 0 saturated heterocycles. The van der Waals surface area contributed by atoms with Crippen LogP contribution in [0.5, 0.6) is 0 Å². The minimum absolute atomic E-state index is 0.0980. The molecule has 0 unspecified atom stereocenters. The molecule has 4 rings (SSSR count). The van der Waals surface area contributed by atoms with Crippen LogP contribution in [0.1, 0.15) is 40.6 Å². The summed E-state index contributed by atoms with van der Waals surface area (Å²) in [5.74, 6) is 0.407. The molecule has 0 aliphatic heterocycles. The van der Waals surface area contributed by atoms with E-state index in [0.717, 1.165) is 29.9 Å². The Balaban J connectivity index is 1.51. The summed E-state index contributed by atoms with van der Waals surface area (Å²) in [5, 5.41) is 7.66. The van der Waals surface area contributed by atoms with Gasteiger partial charge in [0.15, 0.2) is 0 Å². The van der Waals surface area contributed by atoms with E-state index in [0.29, 0.717) is 24.6 Å². The summed E-state index contributed by atoms with van der Waals surface area (Å²) in [5.41, 5.74) is 3.48. The second-order valence-corrected chi connectivity index (χ2v) is 6.30. The molecule has 2 heterocycles. The average molecular weight is 332 g/mol. The van der Waals surface area contributed by atoms with Crippen molar-refractivity contribution >= 4 is 5.91 Å². The quantitative estimate of drug-likeness (QED) is 0.754. The number of para-hydroxylation sites is 1. The highest BCUT2D eigenvalue weighted by Crippen LogP contribution is 2.39. The zero-order chi connectivity index (χ0) is 17.1. The molecule has 3 aromatic rings. The molecule has 0 atom stereocenters. The van der Waals surface area contributed by atoms with Gasteiger partial charge < -0.3 is 5.32 Å². The lowest BCUT2D eigenvalue weighted by Gasteiger charge is -2.08. The van der Waals surface area contributed by atoms with Crippen molar-refractivity contribution in [2.75, 3.05) is 6.54 Å². The summed E-state index contributed by atoms with van der Waals surface area (Å²) < 4.78 is 1.75. The van der Waals surface area contributed by atoms with Gasteiger partial charge in [-0.3, -0.25) is 9.78 Å². The van der Waals surface area contributed by atoms with Crippen molar-refractivity contribution in [2.45, 2.75) is 25.2 Å². The normalized spacial score (nSPS) is 13.6. The van der Waals surface area contributed by atoms with E-state index in [-0.39, 0.29) is 5.91 Å². The average Bonchev–Trinajstić information content (AvgIpc) is 3.41. The summed E-state index contributed by atoms with van der Waals surface area (Å²) in [6.07, 6.45) is 4.80. The molecule has 0 spiro atoms. The molecule has 1 N–H and O–H groups in total. The fourth-order valence-electron chi connectivity index (χ4n) is 2.85. The molecule has 5 nitrogen and oxygen atoms in total. The molecular weight excluding hydrogens is 312 g/mol. The Hall–Kier alpha value is -2.95. The molecule has 1 aliphatic rings. The number of hydrogen-bond acceptors (Lipinski definition) is 3. The van der Waals surface area contributed by atoms with Gasteiger partial charge in [0.2, 0.25) is 0 Å². The van der Waals surface area contributed by atoms with Crippen LogP contribution in [0.25, 0.3) is 5.69 Å². The maximum absolute atomic E-state index is 12.7. The molecule has 0 radical (unpaired) electrons. The Bertz CT molecular complexity index is 854. The largest absolute Gasteiger partial charge is 0.350 e. The highest BCUT2D eigenvalue weighted by molar-refractivity contribution is 5.93. The van der Waals surface area contributed by atoms with E-state index in [2.05, 4.69) is 15.4 Å². The third-order valence-electron chi connectivity index (χ3n) is 4.35. The molecule has 126 valence electrons. The lowest BCUT2D eigenvalue weighted by atomic mass is 10.2. The number of benzene rings is 1. The van der Waals surface area contributed by atoms with Gasteiger partial charge in [0.25, 0.3) is 5.91 Å². The molecule has 1 aliphatic carbocycles. The van der Waals surface area contributed by atoms with Crippen molar-refractivity contribution in [3.8, 4) is 5.69 Å². The zero-order valence-corrected chi connectivity index (χ0v) is 13.9. The van der Waals surface area contributed by atoms with E-state index >= 15 is 0 Å². The Morgan fingerprint density at radius 1 is 1.12 bits per heavy atom. The van der Waals surface area contributed by atoms with Gasteiger partial charge in [-0.2, -0.15) is 5.10 Å². The number of nitrogens with one attached hydrogen (secondary N) is 1. The van der Waals surface area contributed by atoms with Crippen molar-refractivity contribution in [2.24, 2.45) is 0 Å². The second kappa shape index (κ2) is 6.89. The molecule has 1 amide bonds. The van der Waals surface area contributed by atoms with Crippen LogP contribution < -0.4 is 5.32 Å². The predicted octanol–water partition coefficient (Wildman–Crippen LogP) is 3.12. The number of pyridine rings is 1. The summed E-state index contributed by atoms with van der Waals surface area (Å²) in [6, 6.07) is 17.5. The van der Waals surface area contributed by atoms with Crippen molar-refractivity contribution in [3.05, 3.63) is 77.9 Å².